The molecule has 0 aromatic carbocycles. The fourth-order valence-electron chi connectivity index (χ4n) is 0.222. The maximum Gasteiger partial charge on any atom is 0.307 e. The highest BCUT2D eigenvalue weighted by atomic mass is 19.1. The Labute approximate surface area is 52.6 Å². The highest BCUT2D eigenvalue weighted by Gasteiger charge is 1.81. The summed E-state index contributed by atoms with van der Waals surface area (Å²) in [5.74, 6) is -0.418. The fourth-order valence-corrected chi connectivity index (χ4v) is 0.222. The summed E-state index contributed by atoms with van der Waals surface area (Å²) in [6.45, 7) is 1.27. The van der Waals surface area contributed by atoms with E-state index in [-0.39, 0.29) is 0 Å². The van der Waals surface area contributed by atoms with Crippen LogP contribution in [-0.4, -0.2) is 5.97 Å². The molecule has 0 aromatic heterocycles. The Hall–Kier alpha value is -1.12. The predicted octanol–water partition coefficient (Wildman–Crippen LogP) is 1.55. The van der Waals surface area contributed by atoms with Crippen LogP contribution in [0.15, 0.2) is 24.7 Å². The lowest BCUT2D eigenvalue weighted by atomic mass is 10.6. The Morgan fingerprint density at radius 2 is 2.22 bits per heavy atom. The Morgan fingerprint density at radius 3 is 2.67 bits per heavy atom. The van der Waals surface area contributed by atoms with Crippen LogP contribution in [0.3, 0.4) is 0 Å². The lowest BCUT2D eigenvalue weighted by Crippen LogP contribution is -1.88. The van der Waals surface area contributed by atoms with Crippen molar-refractivity contribution in [2.75, 3.05) is 0 Å². The van der Waals surface area contributed by atoms with Gasteiger partial charge in [-0.15, -0.1) is 0 Å². The molecule has 0 aliphatic carbocycles. The second-order valence-corrected chi connectivity index (χ2v) is 1.26. The van der Waals surface area contributed by atoms with Crippen molar-refractivity contribution in [3.63, 3.8) is 0 Å². The Kier molecular flexibility index (Phi) is 4.40. The van der Waals surface area contributed by atoms with Crippen molar-refractivity contribution in [3.05, 3.63) is 24.7 Å². The molecule has 0 radical (unpaired) electrons. The summed E-state index contributed by atoms with van der Waals surface area (Å²) >= 11 is 0. The van der Waals surface area contributed by atoms with Gasteiger partial charge in [-0.2, -0.15) is 0 Å². The number of carbonyl (C=O) groups is 1. The van der Waals surface area contributed by atoms with Gasteiger partial charge in [0.25, 0.3) is 0 Å². The van der Waals surface area contributed by atoms with E-state index in [0.717, 1.165) is 12.3 Å². The van der Waals surface area contributed by atoms with Gasteiger partial charge >= 0.3 is 5.97 Å². The van der Waals surface area contributed by atoms with E-state index in [2.05, 4.69) is 4.74 Å². The highest BCUT2D eigenvalue weighted by molar-refractivity contribution is 5.66. The number of allylic oxidation sites excluding steroid dienone is 2. The van der Waals surface area contributed by atoms with E-state index in [9.17, 15) is 9.18 Å². The molecule has 50 valence electrons. The fraction of sp³-hybridized carbons (Fsp3) is 0.167. The summed E-state index contributed by atoms with van der Waals surface area (Å²) in [4.78, 5) is 10.0. The van der Waals surface area contributed by atoms with Crippen molar-refractivity contribution in [1.82, 2.24) is 0 Å². The molecule has 0 aliphatic heterocycles. The van der Waals surface area contributed by atoms with E-state index in [1.54, 1.807) is 0 Å². The first-order valence-corrected chi connectivity index (χ1v) is 2.36. The number of ether oxygens (including phenoxy) is 1. The minimum absolute atomic E-state index is 0.347. The predicted molar refractivity (Wildman–Crippen MR) is 31.2 cm³/mol. The number of esters is 1. The first-order valence-electron chi connectivity index (χ1n) is 2.36. The normalized spacial score (nSPS) is 10.9. The molecule has 0 aliphatic rings. The van der Waals surface area contributed by atoms with Crippen molar-refractivity contribution < 1.29 is 13.9 Å². The molecule has 0 unspecified atom stereocenters. The number of hydrogen-bond acceptors (Lipinski definition) is 2. The summed E-state index contributed by atoms with van der Waals surface area (Å²) in [5, 5.41) is 0. The van der Waals surface area contributed by atoms with Gasteiger partial charge in [0.1, 0.15) is 0 Å². The van der Waals surface area contributed by atoms with Crippen LogP contribution in [0.1, 0.15) is 6.92 Å². The summed E-state index contributed by atoms with van der Waals surface area (Å²) in [5.41, 5.74) is 0. The van der Waals surface area contributed by atoms with Gasteiger partial charge in [-0.05, 0) is 12.2 Å². The van der Waals surface area contributed by atoms with Crippen LogP contribution >= 0.6 is 0 Å². The second-order valence-electron chi connectivity index (χ2n) is 1.26. The van der Waals surface area contributed by atoms with Crippen molar-refractivity contribution in [3.8, 4) is 0 Å². The van der Waals surface area contributed by atoms with Crippen LogP contribution < -0.4 is 0 Å². The molecule has 0 spiro atoms. The standard InChI is InChI=1S/C6H7FO2/c1-6(8)9-5-3-2-4-7/h2-5H,1H3. The SMILES string of the molecule is CC(=O)OC=CC=CF. The van der Waals surface area contributed by atoms with Gasteiger partial charge in [0.15, 0.2) is 0 Å². The highest BCUT2D eigenvalue weighted by Crippen LogP contribution is 1.80. The topological polar surface area (TPSA) is 26.3 Å². The van der Waals surface area contributed by atoms with E-state index in [1.807, 2.05) is 0 Å². The van der Waals surface area contributed by atoms with Crippen LogP contribution in [0.2, 0.25) is 0 Å². The zero-order chi connectivity index (χ0) is 7.11. The minimum atomic E-state index is -0.418. The third-order valence-electron chi connectivity index (χ3n) is 0.496. The molecule has 9 heavy (non-hydrogen) atoms. The zero-order valence-electron chi connectivity index (χ0n) is 5.00. The molecule has 0 aromatic rings. The van der Waals surface area contributed by atoms with Crippen LogP contribution in [0.5, 0.6) is 0 Å². The summed E-state index contributed by atoms with van der Waals surface area (Å²) in [6.07, 6.45) is 3.85. The molecule has 0 N–H and O–H groups in total. The van der Waals surface area contributed by atoms with Gasteiger partial charge in [-0.3, -0.25) is 4.79 Å². The number of rotatable bonds is 2. The lowest BCUT2D eigenvalue weighted by Gasteiger charge is -1.85. The first kappa shape index (κ1) is 7.88. The van der Waals surface area contributed by atoms with Gasteiger partial charge in [-0.25, -0.2) is 4.39 Å². The smallest absolute Gasteiger partial charge is 0.307 e. The van der Waals surface area contributed by atoms with E-state index >= 15 is 0 Å². The molecule has 0 rings (SSSR count). The van der Waals surface area contributed by atoms with Crippen molar-refractivity contribution in [2.24, 2.45) is 0 Å². The van der Waals surface area contributed by atoms with Crippen molar-refractivity contribution in [2.45, 2.75) is 6.92 Å². The Balaban J connectivity index is 3.36. The molecule has 0 saturated carbocycles. The molecular weight excluding hydrogens is 123 g/mol. The van der Waals surface area contributed by atoms with Crippen LogP contribution in [0.25, 0.3) is 0 Å². The van der Waals surface area contributed by atoms with Crippen molar-refractivity contribution in [1.29, 1.82) is 0 Å². The van der Waals surface area contributed by atoms with Gasteiger partial charge < -0.3 is 4.74 Å². The third kappa shape index (κ3) is 6.88. The van der Waals surface area contributed by atoms with Crippen LogP contribution in [0, 0.1) is 0 Å². The number of halogens is 1. The second kappa shape index (κ2) is 5.03. The number of carbonyl (C=O) groups excluding carboxylic acids is 1. The van der Waals surface area contributed by atoms with E-state index in [0.29, 0.717) is 6.33 Å². The third-order valence-corrected chi connectivity index (χ3v) is 0.496. The van der Waals surface area contributed by atoms with E-state index < -0.39 is 5.97 Å². The van der Waals surface area contributed by atoms with Crippen molar-refractivity contribution >= 4 is 5.97 Å². The van der Waals surface area contributed by atoms with Gasteiger partial charge in [0.05, 0.1) is 12.6 Å². The molecular formula is C6H7FO2. The molecule has 0 saturated heterocycles. The van der Waals surface area contributed by atoms with Crippen LogP contribution in [0.4, 0.5) is 4.39 Å². The molecule has 2 nitrogen and oxygen atoms in total. The lowest BCUT2D eigenvalue weighted by molar-refractivity contribution is -0.135. The van der Waals surface area contributed by atoms with Gasteiger partial charge in [-0.1, -0.05) is 0 Å². The maximum absolute atomic E-state index is 11.1. The zero-order valence-corrected chi connectivity index (χ0v) is 5.00. The van der Waals surface area contributed by atoms with Gasteiger partial charge in [0, 0.05) is 6.92 Å². The molecule has 0 amide bonds. The first-order chi connectivity index (χ1) is 4.27. The monoisotopic (exact) mass is 130 g/mol. The quantitative estimate of drug-likeness (QED) is 0.322. The van der Waals surface area contributed by atoms with E-state index in [1.165, 1.54) is 13.0 Å². The van der Waals surface area contributed by atoms with Crippen LogP contribution in [-0.2, 0) is 9.53 Å². The minimum Gasteiger partial charge on any atom is -0.435 e. The summed E-state index contributed by atoms with van der Waals surface area (Å²) < 4.78 is 15.5. The molecule has 0 atom stereocenters. The summed E-state index contributed by atoms with van der Waals surface area (Å²) in [7, 11) is 0. The van der Waals surface area contributed by atoms with E-state index in [4.69, 9.17) is 0 Å². The van der Waals surface area contributed by atoms with Gasteiger partial charge in [0.2, 0.25) is 0 Å². The Morgan fingerprint density at radius 1 is 1.56 bits per heavy atom. The average Bonchev–Trinajstić information content (AvgIpc) is 1.80. The molecule has 0 bridgehead atoms. The Bertz CT molecular complexity index is 138. The number of hydrogen-bond donors (Lipinski definition) is 0. The maximum atomic E-state index is 11.1. The summed E-state index contributed by atoms with van der Waals surface area (Å²) in [6, 6.07) is 0. The molecule has 3 heteroatoms. The average molecular weight is 130 g/mol. The molecule has 0 fully saturated rings. The molecule has 0 heterocycles. The largest absolute Gasteiger partial charge is 0.435 e.